The molecular weight excluding hydrogens is 430 g/mol. The van der Waals surface area contributed by atoms with E-state index in [2.05, 4.69) is 41.5 Å². The number of hydrogen-bond donors (Lipinski definition) is 0. The van der Waals surface area contributed by atoms with Crippen molar-refractivity contribution < 1.29 is 9.59 Å². The Kier molecular flexibility index (Phi) is 3.71. The molecule has 0 amide bonds. The Labute approximate surface area is 157 Å². The number of fused-ring (bicyclic) bond motifs is 4. The molecule has 0 saturated heterocycles. The number of rotatable bonds is 3. The second-order valence-corrected chi connectivity index (χ2v) is 17.3. The molecule has 4 saturated carbocycles. The molecule has 0 unspecified atom stereocenters. The fraction of sp³-hybridized carbons (Fsp3) is 0.900. The summed E-state index contributed by atoms with van der Waals surface area (Å²) in [6, 6.07) is 0. The Morgan fingerprint density at radius 2 is 1.04 bits per heavy atom. The van der Waals surface area contributed by atoms with E-state index in [1.54, 1.807) is 0 Å². The summed E-state index contributed by atoms with van der Waals surface area (Å²) < 4.78 is 0. The van der Waals surface area contributed by atoms with E-state index in [1.807, 2.05) is 0 Å². The quantitative estimate of drug-likeness (QED) is 0.599. The zero-order valence-electron chi connectivity index (χ0n) is 15.8. The van der Waals surface area contributed by atoms with E-state index in [1.165, 1.54) is 12.8 Å². The van der Waals surface area contributed by atoms with Gasteiger partial charge in [0.1, 0.15) is 0 Å². The molecule has 2 nitrogen and oxygen atoms in total. The van der Waals surface area contributed by atoms with E-state index in [0.29, 0.717) is 59.3 Å². The monoisotopic (exact) mass is 462 g/mol. The van der Waals surface area contributed by atoms with Crippen molar-refractivity contribution in [1.29, 1.82) is 0 Å². The van der Waals surface area contributed by atoms with Crippen LogP contribution in [-0.4, -0.2) is 37.8 Å². The van der Waals surface area contributed by atoms with Crippen molar-refractivity contribution in [2.45, 2.75) is 76.9 Å². The van der Waals surface area contributed by atoms with Crippen LogP contribution in [-0.2, 0) is 9.59 Å². The first-order valence-corrected chi connectivity index (χ1v) is 15.7. The van der Waals surface area contributed by atoms with Crippen LogP contribution in [0.3, 0.4) is 0 Å². The van der Waals surface area contributed by atoms with Gasteiger partial charge in [0.2, 0.25) is 0 Å². The summed E-state index contributed by atoms with van der Waals surface area (Å²) in [4.78, 5) is 26.8. The van der Waals surface area contributed by atoms with Crippen molar-refractivity contribution in [2.75, 3.05) is 0 Å². The van der Waals surface area contributed by atoms with Gasteiger partial charge in [0.25, 0.3) is 0 Å². The normalized spacial score (nSPS) is 50.9. The number of ketones is 2. The molecule has 4 bridgehead atoms. The van der Waals surface area contributed by atoms with Gasteiger partial charge in [0, 0.05) is 0 Å². The average molecular weight is 460 g/mol. The molecule has 4 heteroatoms. The first-order chi connectivity index (χ1) is 11.0. The Balaban J connectivity index is 1.52. The van der Waals surface area contributed by atoms with Gasteiger partial charge >= 0.3 is 158 Å². The Bertz CT molecular complexity index is 571. The number of carbonyl (C=O) groups excluding carboxylic acids is 2. The van der Waals surface area contributed by atoms with Gasteiger partial charge in [-0.1, -0.05) is 0 Å². The van der Waals surface area contributed by atoms with E-state index in [9.17, 15) is 9.59 Å². The van der Waals surface area contributed by atoms with E-state index >= 15 is 0 Å². The van der Waals surface area contributed by atoms with Crippen LogP contribution < -0.4 is 0 Å². The Morgan fingerprint density at radius 3 is 1.29 bits per heavy atom. The van der Waals surface area contributed by atoms with Crippen LogP contribution in [0.15, 0.2) is 0 Å². The molecule has 4 aliphatic rings. The van der Waals surface area contributed by atoms with E-state index < -0.39 is 0 Å². The van der Waals surface area contributed by atoms with E-state index in [0.717, 1.165) is 12.8 Å². The molecule has 0 spiro atoms. The summed E-state index contributed by atoms with van der Waals surface area (Å²) in [5.41, 5.74) is 0.140. The molecule has 4 aliphatic carbocycles. The number of hydrogen-bond acceptors (Lipinski definition) is 2. The van der Waals surface area contributed by atoms with Crippen LogP contribution in [0, 0.1) is 33.5 Å². The molecular formula is C20H30O2Se2. The third kappa shape index (κ3) is 1.80. The molecule has 0 radical (unpaired) electrons. The van der Waals surface area contributed by atoms with E-state index in [-0.39, 0.29) is 21.7 Å². The zero-order valence-corrected chi connectivity index (χ0v) is 19.2. The third-order valence-corrected chi connectivity index (χ3v) is 18.3. The molecule has 0 aromatic carbocycles. The van der Waals surface area contributed by atoms with Crippen molar-refractivity contribution in [1.82, 2.24) is 0 Å². The van der Waals surface area contributed by atoms with Crippen molar-refractivity contribution >= 4 is 37.8 Å². The number of carbonyl (C=O) groups is 2. The summed E-state index contributed by atoms with van der Waals surface area (Å²) in [7, 11) is 0. The summed E-state index contributed by atoms with van der Waals surface area (Å²) >= 11 is 0.697. The Hall–Kier alpha value is 0.379. The standard InChI is InChI=1S/C20H30O2Se2/c1-17(2)11-7-9-19(17,5)15(21)13(11)23-24-14-12-8-10-20(6,16(14)22)18(12,3)4/h11-14H,7-10H2,1-6H3/t11-,12+,13-,14-,19+,20-/m0/s1. The maximum atomic E-state index is 13.1. The van der Waals surface area contributed by atoms with Gasteiger partial charge in [-0.05, 0) is 0 Å². The van der Waals surface area contributed by atoms with Crippen LogP contribution in [0.1, 0.15) is 67.2 Å². The van der Waals surface area contributed by atoms with Gasteiger partial charge in [0.15, 0.2) is 0 Å². The topological polar surface area (TPSA) is 34.1 Å². The minimum atomic E-state index is -0.0932. The van der Waals surface area contributed by atoms with Crippen LogP contribution >= 0.6 is 0 Å². The van der Waals surface area contributed by atoms with Gasteiger partial charge in [-0.25, -0.2) is 0 Å². The summed E-state index contributed by atoms with van der Waals surface area (Å²) in [6.07, 6.45) is 4.62. The van der Waals surface area contributed by atoms with E-state index in [4.69, 9.17) is 0 Å². The predicted molar refractivity (Wildman–Crippen MR) is 98.2 cm³/mol. The number of Topliss-reactive ketones (excluding diaryl/α,β-unsaturated/α-hetero) is 2. The second kappa shape index (κ2) is 5.00. The fourth-order valence-electron chi connectivity index (χ4n) is 6.35. The summed E-state index contributed by atoms with van der Waals surface area (Å²) in [6.45, 7) is 13.7. The molecule has 0 aliphatic heterocycles. The molecule has 0 aromatic heterocycles. The first kappa shape index (κ1) is 17.8. The van der Waals surface area contributed by atoms with Crippen LogP contribution in [0.2, 0.25) is 9.63 Å². The Morgan fingerprint density at radius 1 is 0.708 bits per heavy atom. The third-order valence-electron chi connectivity index (χ3n) is 9.21. The SMILES string of the molecule is CC1(C)[C@@H]2CC[C@@]1(C)C(=O)[C@H]2[Se][Se][C@@H]1C(=O)[C@@]2(C)CC[C@@H]1C2(C)C. The fourth-order valence-corrected chi connectivity index (χ4v) is 18.3. The average Bonchev–Trinajstić information content (AvgIpc) is 2.97. The zero-order chi connectivity index (χ0) is 17.7. The van der Waals surface area contributed by atoms with Gasteiger partial charge in [-0.2, -0.15) is 0 Å². The molecule has 0 N–H and O–H groups in total. The van der Waals surface area contributed by atoms with Gasteiger partial charge in [-0.3, -0.25) is 0 Å². The van der Waals surface area contributed by atoms with Gasteiger partial charge in [-0.15, -0.1) is 0 Å². The van der Waals surface area contributed by atoms with Crippen molar-refractivity contribution in [3.05, 3.63) is 0 Å². The first-order valence-electron chi connectivity index (χ1n) is 9.39. The minimum absolute atomic E-state index is 0.0932. The van der Waals surface area contributed by atoms with Crippen molar-refractivity contribution in [3.8, 4) is 0 Å². The van der Waals surface area contributed by atoms with Crippen LogP contribution in [0.5, 0.6) is 0 Å². The summed E-state index contributed by atoms with van der Waals surface area (Å²) in [5, 5.41) is 0. The molecule has 0 aromatic rings. The van der Waals surface area contributed by atoms with Crippen LogP contribution in [0.25, 0.3) is 0 Å². The van der Waals surface area contributed by atoms with Crippen molar-refractivity contribution in [2.24, 2.45) is 33.5 Å². The molecule has 4 fully saturated rings. The van der Waals surface area contributed by atoms with Gasteiger partial charge in [0.05, 0.1) is 0 Å². The molecule has 0 heterocycles. The maximum absolute atomic E-state index is 13.1. The molecule has 134 valence electrons. The second-order valence-electron chi connectivity index (χ2n) is 10.2. The summed E-state index contributed by atoms with van der Waals surface area (Å²) in [5.74, 6) is 2.25. The van der Waals surface area contributed by atoms with Crippen LogP contribution in [0.4, 0.5) is 0 Å². The molecule has 4 rings (SSSR count). The molecule has 24 heavy (non-hydrogen) atoms. The van der Waals surface area contributed by atoms with Gasteiger partial charge < -0.3 is 0 Å². The van der Waals surface area contributed by atoms with Crippen molar-refractivity contribution in [3.63, 3.8) is 0 Å². The predicted octanol–water partition coefficient (Wildman–Crippen LogP) is 3.94. The molecule has 6 atom stereocenters.